The minimum absolute atomic E-state index is 0.0257. The summed E-state index contributed by atoms with van der Waals surface area (Å²) in [5, 5.41) is 5.80. The van der Waals surface area contributed by atoms with Crippen molar-refractivity contribution in [1.29, 1.82) is 0 Å². The number of halogens is 1. The van der Waals surface area contributed by atoms with E-state index in [1.807, 2.05) is 33.7 Å². The van der Waals surface area contributed by atoms with E-state index in [2.05, 4.69) is 22.5 Å². The maximum absolute atomic E-state index is 13.1. The van der Waals surface area contributed by atoms with Gasteiger partial charge < -0.3 is 20.1 Å². The molecule has 1 aliphatic rings. The first kappa shape index (κ1) is 21.8. The van der Waals surface area contributed by atoms with Crippen LogP contribution in [0.25, 0.3) is 11.0 Å². The van der Waals surface area contributed by atoms with E-state index in [0.717, 1.165) is 35.9 Å². The monoisotopic (exact) mass is 437 g/mol. The Bertz CT molecular complexity index is 1140. The van der Waals surface area contributed by atoms with Crippen molar-refractivity contribution in [2.24, 2.45) is 0 Å². The number of nitrogens with one attached hydrogen (secondary N) is 2. The molecule has 0 spiro atoms. The van der Waals surface area contributed by atoms with E-state index in [4.69, 9.17) is 0 Å². The largest absolute Gasteiger partial charge is 0.352 e. The molecule has 0 unspecified atom stereocenters. The van der Waals surface area contributed by atoms with Crippen LogP contribution in [0.15, 0.2) is 53.3 Å². The Morgan fingerprint density at radius 3 is 2.56 bits per heavy atom. The minimum atomic E-state index is -0.299. The third-order valence-electron chi connectivity index (χ3n) is 5.78. The molecule has 1 fully saturated rings. The number of rotatable bonds is 6. The van der Waals surface area contributed by atoms with Gasteiger partial charge in [0.1, 0.15) is 5.82 Å². The van der Waals surface area contributed by atoms with Crippen molar-refractivity contribution >= 4 is 22.9 Å². The summed E-state index contributed by atoms with van der Waals surface area (Å²) >= 11 is 0. The summed E-state index contributed by atoms with van der Waals surface area (Å²) in [5.41, 5.74) is 2.45. The quantitative estimate of drug-likeness (QED) is 0.619. The molecule has 4 rings (SSSR count). The third kappa shape index (κ3) is 4.90. The van der Waals surface area contributed by atoms with Gasteiger partial charge in [-0.3, -0.25) is 4.79 Å². The fraction of sp³-hybridized carbons (Fsp3) is 0.375. The first-order valence-corrected chi connectivity index (χ1v) is 11.1. The Balaban J connectivity index is 1.37. The van der Waals surface area contributed by atoms with Crippen LogP contribution in [0.4, 0.5) is 15.0 Å². The van der Waals surface area contributed by atoms with Gasteiger partial charge in [-0.25, -0.2) is 14.2 Å². The molecule has 2 N–H and O–H groups in total. The number of piperidine rings is 1. The van der Waals surface area contributed by atoms with Gasteiger partial charge in [-0.05, 0) is 49.1 Å². The number of carbonyl (C=O) groups excluding carboxylic acids is 1. The molecule has 0 bridgehead atoms. The van der Waals surface area contributed by atoms with Crippen LogP contribution in [0.5, 0.6) is 0 Å². The highest BCUT2D eigenvalue weighted by Gasteiger charge is 2.24. The number of benzene rings is 2. The number of aryl methyl sites for hydroxylation is 1. The molecule has 0 radical (unpaired) electrons. The summed E-state index contributed by atoms with van der Waals surface area (Å²) in [4.78, 5) is 32.1. The number of nitrogens with zero attached hydrogens (tertiary/aromatic N) is 3. The van der Waals surface area contributed by atoms with Gasteiger partial charge in [0.25, 0.3) is 5.56 Å². The minimum Gasteiger partial charge on any atom is -0.352 e. The zero-order valence-corrected chi connectivity index (χ0v) is 18.2. The van der Waals surface area contributed by atoms with Crippen LogP contribution in [0, 0.1) is 5.82 Å². The van der Waals surface area contributed by atoms with Gasteiger partial charge in [-0.15, -0.1) is 0 Å². The number of carbonyl (C=O) groups is 1. The fourth-order valence-corrected chi connectivity index (χ4v) is 4.09. The van der Waals surface area contributed by atoms with E-state index >= 15 is 0 Å². The maximum atomic E-state index is 13.1. The van der Waals surface area contributed by atoms with Crippen molar-refractivity contribution in [1.82, 2.24) is 20.2 Å². The second kappa shape index (κ2) is 9.80. The maximum Gasteiger partial charge on any atom is 0.315 e. The van der Waals surface area contributed by atoms with Gasteiger partial charge in [0.2, 0.25) is 0 Å². The molecule has 8 heteroatoms. The van der Waals surface area contributed by atoms with Crippen LogP contribution in [-0.4, -0.2) is 34.7 Å². The van der Waals surface area contributed by atoms with E-state index in [9.17, 15) is 14.0 Å². The van der Waals surface area contributed by atoms with Gasteiger partial charge in [-0.1, -0.05) is 31.2 Å². The van der Waals surface area contributed by atoms with Gasteiger partial charge in [0, 0.05) is 32.2 Å². The molecule has 0 aliphatic carbocycles. The van der Waals surface area contributed by atoms with E-state index in [-0.39, 0.29) is 23.4 Å². The second-order valence-corrected chi connectivity index (χ2v) is 8.10. The number of hydrogen-bond donors (Lipinski definition) is 2. The normalized spacial score (nSPS) is 14.5. The summed E-state index contributed by atoms with van der Waals surface area (Å²) in [5.74, 6) is 0.184. The van der Waals surface area contributed by atoms with Gasteiger partial charge in [-0.2, -0.15) is 0 Å². The lowest BCUT2D eigenvalue weighted by atomic mass is 10.1. The molecular formula is C24H28FN5O2. The summed E-state index contributed by atoms with van der Waals surface area (Å²) in [6.45, 7) is 4.34. The van der Waals surface area contributed by atoms with Crippen LogP contribution in [-0.2, 0) is 13.1 Å². The molecule has 0 saturated carbocycles. The van der Waals surface area contributed by atoms with E-state index in [1.54, 1.807) is 12.1 Å². The standard InChI is InChI=1S/C24H28FN5O2/c1-2-13-30-21-6-4-3-5-20(21)28-22(23(30)31)29-14-11-19(12-15-29)27-24(32)26-16-17-7-9-18(25)10-8-17/h3-10,19H,2,11-16H2,1H3,(H2,26,27,32). The number of urea groups is 1. The van der Waals surface area contributed by atoms with Gasteiger partial charge in [0.15, 0.2) is 5.82 Å². The smallest absolute Gasteiger partial charge is 0.315 e. The molecule has 1 saturated heterocycles. The van der Waals surface area contributed by atoms with Crippen molar-refractivity contribution in [3.05, 3.63) is 70.3 Å². The Morgan fingerprint density at radius 1 is 1.12 bits per heavy atom. The fourth-order valence-electron chi connectivity index (χ4n) is 4.09. The highest BCUT2D eigenvalue weighted by atomic mass is 19.1. The molecule has 168 valence electrons. The molecule has 32 heavy (non-hydrogen) atoms. The summed E-state index contributed by atoms with van der Waals surface area (Å²) < 4.78 is 14.8. The molecule has 0 atom stereocenters. The number of hydrogen-bond acceptors (Lipinski definition) is 4. The Kier molecular flexibility index (Phi) is 6.68. The lowest BCUT2D eigenvalue weighted by Gasteiger charge is -2.33. The number of aromatic nitrogens is 2. The number of anilines is 1. The van der Waals surface area contributed by atoms with Crippen molar-refractivity contribution in [2.75, 3.05) is 18.0 Å². The van der Waals surface area contributed by atoms with Crippen LogP contribution in [0.1, 0.15) is 31.7 Å². The van der Waals surface area contributed by atoms with Gasteiger partial charge in [0.05, 0.1) is 11.0 Å². The van der Waals surface area contributed by atoms with Crippen LogP contribution in [0.2, 0.25) is 0 Å². The van der Waals surface area contributed by atoms with E-state index in [1.165, 1.54) is 12.1 Å². The summed E-state index contributed by atoms with van der Waals surface area (Å²) in [6.07, 6.45) is 2.32. The molecule has 3 aromatic rings. The zero-order chi connectivity index (χ0) is 22.5. The molecular weight excluding hydrogens is 409 g/mol. The van der Waals surface area contributed by atoms with Crippen LogP contribution in [0.3, 0.4) is 0 Å². The Morgan fingerprint density at radius 2 is 1.84 bits per heavy atom. The predicted octanol–water partition coefficient (Wildman–Crippen LogP) is 3.41. The average molecular weight is 438 g/mol. The van der Waals surface area contributed by atoms with E-state index < -0.39 is 0 Å². The molecule has 1 aromatic heterocycles. The number of fused-ring (bicyclic) bond motifs is 1. The molecule has 2 heterocycles. The van der Waals surface area contributed by atoms with Crippen molar-refractivity contribution in [3.63, 3.8) is 0 Å². The van der Waals surface area contributed by atoms with Crippen molar-refractivity contribution in [2.45, 2.75) is 45.3 Å². The van der Waals surface area contributed by atoms with Crippen molar-refractivity contribution in [3.8, 4) is 0 Å². The number of para-hydroxylation sites is 2. The van der Waals surface area contributed by atoms with Crippen molar-refractivity contribution < 1.29 is 9.18 Å². The summed E-state index contributed by atoms with van der Waals surface area (Å²) in [6, 6.07) is 13.5. The third-order valence-corrected chi connectivity index (χ3v) is 5.78. The lowest BCUT2D eigenvalue weighted by molar-refractivity contribution is 0.234. The lowest BCUT2D eigenvalue weighted by Crippen LogP contribution is -2.49. The number of amides is 2. The van der Waals surface area contributed by atoms with E-state index in [0.29, 0.717) is 32.0 Å². The van der Waals surface area contributed by atoms with Gasteiger partial charge >= 0.3 is 6.03 Å². The molecule has 2 amide bonds. The second-order valence-electron chi connectivity index (χ2n) is 8.10. The summed E-state index contributed by atoms with van der Waals surface area (Å²) in [7, 11) is 0. The zero-order valence-electron chi connectivity index (χ0n) is 18.2. The van der Waals surface area contributed by atoms with Crippen LogP contribution >= 0.6 is 0 Å². The Labute approximate surface area is 186 Å². The average Bonchev–Trinajstić information content (AvgIpc) is 2.81. The molecule has 2 aromatic carbocycles. The Hall–Kier alpha value is -3.42. The molecule has 1 aliphatic heterocycles. The first-order chi connectivity index (χ1) is 15.5. The molecule has 7 nitrogen and oxygen atoms in total. The first-order valence-electron chi connectivity index (χ1n) is 11.1. The van der Waals surface area contributed by atoms with Crippen LogP contribution < -0.4 is 21.1 Å². The topological polar surface area (TPSA) is 79.3 Å². The highest BCUT2D eigenvalue weighted by Crippen LogP contribution is 2.19. The predicted molar refractivity (Wildman–Crippen MR) is 123 cm³/mol. The highest BCUT2D eigenvalue weighted by molar-refractivity contribution is 5.76. The SMILES string of the molecule is CCCn1c(=O)c(N2CCC(NC(=O)NCc3ccc(F)cc3)CC2)nc2ccccc21.